The number of nitrogens with one attached hydrogen (secondary N) is 2. The summed E-state index contributed by atoms with van der Waals surface area (Å²) in [6.45, 7) is 3.94. The smallest absolute Gasteiger partial charge is 0.254 e. The van der Waals surface area contributed by atoms with Gasteiger partial charge in [-0.1, -0.05) is 30.3 Å². The third kappa shape index (κ3) is 3.28. The molecule has 0 saturated carbocycles. The second kappa shape index (κ2) is 7.88. The minimum absolute atomic E-state index is 0.0690. The highest BCUT2D eigenvalue weighted by molar-refractivity contribution is 5.99. The van der Waals surface area contributed by atoms with E-state index in [2.05, 4.69) is 40.6 Å². The van der Waals surface area contributed by atoms with E-state index in [1.165, 1.54) is 5.56 Å². The number of ether oxygens (including phenoxy) is 2. The molecule has 1 amide bonds. The molecule has 0 spiro atoms. The minimum Gasteiger partial charge on any atom is -0.492 e. The van der Waals surface area contributed by atoms with Gasteiger partial charge in [-0.05, 0) is 34.9 Å². The molecule has 6 nitrogen and oxygen atoms in total. The molecule has 162 valence electrons. The number of benzene rings is 2. The summed E-state index contributed by atoms with van der Waals surface area (Å²) in [7, 11) is 0. The van der Waals surface area contributed by atoms with Gasteiger partial charge in [-0.25, -0.2) is 0 Å². The third-order valence-electron chi connectivity index (χ3n) is 6.48. The predicted molar refractivity (Wildman–Crippen MR) is 125 cm³/mol. The zero-order chi connectivity index (χ0) is 21.5. The van der Waals surface area contributed by atoms with Crippen LogP contribution in [0.1, 0.15) is 27.0 Å². The Morgan fingerprint density at radius 2 is 1.88 bits per heavy atom. The standard InChI is InChI=1S/C26H25N3O3/c30-26(29-8-11-31-12-9-29)19-5-1-4-18(13-19)20-14-22-23(16-28-25(22)27-15-20)21-6-2-3-17-7-10-32-24(17)21/h1-6,13-14,16,27-28H,7-12,15H2. The number of aromatic nitrogens is 1. The first kappa shape index (κ1) is 19.2. The summed E-state index contributed by atoms with van der Waals surface area (Å²) in [5.41, 5.74) is 7.57. The van der Waals surface area contributed by atoms with Gasteiger partial charge in [0.05, 0.1) is 19.8 Å². The summed E-state index contributed by atoms with van der Waals surface area (Å²) in [5.74, 6) is 2.08. The van der Waals surface area contributed by atoms with Gasteiger partial charge in [0, 0.05) is 54.5 Å². The van der Waals surface area contributed by atoms with E-state index in [9.17, 15) is 4.79 Å². The van der Waals surface area contributed by atoms with E-state index in [-0.39, 0.29) is 5.91 Å². The van der Waals surface area contributed by atoms with E-state index in [1.807, 2.05) is 29.3 Å². The highest BCUT2D eigenvalue weighted by Gasteiger charge is 2.23. The molecule has 3 aliphatic rings. The molecule has 0 bridgehead atoms. The molecular weight excluding hydrogens is 402 g/mol. The van der Waals surface area contributed by atoms with Gasteiger partial charge in [0.25, 0.3) is 5.91 Å². The van der Waals surface area contributed by atoms with E-state index in [4.69, 9.17) is 9.47 Å². The lowest BCUT2D eigenvalue weighted by atomic mass is 9.94. The van der Waals surface area contributed by atoms with Crippen LogP contribution >= 0.6 is 0 Å². The quantitative estimate of drug-likeness (QED) is 0.662. The first-order chi connectivity index (χ1) is 15.8. The molecule has 6 heteroatoms. The Kier molecular flexibility index (Phi) is 4.72. The topological polar surface area (TPSA) is 66.6 Å². The molecule has 1 saturated heterocycles. The second-order valence-electron chi connectivity index (χ2n) is 8.39. The number of carbonyl (C=O) groups excluding carboxylic acids is 1. The number of aromatic amines is 1. The predicted octanol–water partition coefficient (Wildman–Crippen LogP) is 4.06. The Morgan fingerprint density at radius 3 is 2.78 bits per heavy atom. The molecule has 1 aromatic heterocycles. The molecule has 0 unspecified atom stereocenters. The monoisotopic (exact) mass is 427 g/mol. The van der Waals surface area contributed by atoms with E-state index in [1.54, 1.807) is 0 Å². The van der Waals surface area contributed by atoms with Gasteiger partial charge in [0.1, 0.15) is 11.6 Å². The van der Waals surface area contributed by atoms with Gasteiger partial charge < -0.3 is 24.7 Å². The third-order valence-corrected chi connectivity index (χ3v) is 6.48. The Balaban J connectivity index is 1.35. The fourth-order valence-corrected chi connectivity index (χ4v) is 4.78. The fraction of sp³-hybridized carbons (Fsp3) is 0.269. The highest BCUT2D eigenvalue weighted by Crippen LogP contribution is 2.42. The zero-order valence-corrected chi connectivity index (χ0v) is 17.8. The molecular formula is C26H25N3O3. The number of morpholine rings is 1. The van der Waals surface area contributed by atoms with E-state index >= 15 is 0 Å². The van der Waals surface area contributed by atoms with Crippen LogP contribution in [0.2, 0.25) is 0 Å². The van der Waals surface area contributed by atoms with Crippen molar-refractivity contribution in [2.75, 3.05) is 44.8 Å². The zero-order valence-electron chi connectivity index (χ0n) is 17.8. The number of hydrogen-bond donors (Lipinski definition) is 2. The van der Waals surface area contributed by atoms with Gasteiger partial charge in [-0.15, -0.1) is 0 Å². The summed E-state index contributed by atoms with van der Waals surface area (Å²) < 4.78 is 11.3. The van der Waals surface area contributed by atoms with Crippen molar-refractivity contribution in [1.29, 1.82) is 0 Å². The maximum Gasteiger partial charge on any atom is 0.254 e. The SMILES string of the molecule is O=C(c1cccc(C2=Cc3c(-c4cccc5c4OCC5)c[nH]c3NC2)c1)N1CCOCC1. The molecule has 0 radical (unpaired) electrons. The van der Waals surface area contributed by atoms with Crippen LogP contribution in [0.15, 0.2) is 48.7 Å². The van der Waals surface area contributed by atoms with Gasteiger partial charge in [0.15, 0.2) is 0 Å². The van der Waals surface area contributed by atoms with Crippen molar-refractivity contribution in [2.24, 2.45) is 0 Å². The van der Waals surface area contributed by atoms with Crippen LogP contribution in [-0.2, 0) is 11.2 Å². The van der Waals surface area contributed by atoms with Gasteiger partial charge in [-0.3, -0.25) is 4.79 Å². The lowest BCUT2D eigenvalue weighted by molar-refractivity contribution is 0.0303. The highest BCUT2D eigenvalue weighted by atomic mass is 16.5. The molecule has 4 heterocycles. The molecule has 1 fully saturated rings. The van der Waals surface area contributed by atoms with Gasteiger partial charge >= 0.3 is 0 Å². The molecule has 0 atom stereocenters. The fourth-order valence-electron chi connectivity index (χ4n) is 4.78. The largest absolute Gasteiger partial charge is 0.492 e. The average Bonchev–Trinajstić information content (AvgIpc) is 3.51. The van der Waals surface area contributed by atoms with Crippen LogP contribution in [0.4, 0.5) is 5.82 Å². The molecule has 3 aromatic rings. The number of anilines is 1. The normalized spacial score (nSPS) is 17.1. The molecule has 3 aliphatic heterocycles. The van der Waals surface area contributed by atoms with E-state index in [0.717, 1.165) is 58.0 Å². The Hall–Kier alpha value is -3.51. The number of nitrogens with zero attached hydrogens (tertiary/aromatic N) is 1. The van der Waals surface area contributed by atoms with Crippen molar-refractivity contribution in [3.05, 3.63) is 70.9 Å². The van der Waals surface area contributed by atoms with Crippen LogP contribution in [0, 0.1) is 0 Å². The van der Waals surface area contributed by atoms with Crippen LogP contribution in [0.5, 0.6) is 5.75 Å². The van der Waals surface area contributed by atoms with Crippen LogP contribution in [0.25, 0.3) is 22.8 Å². The van der Waals surface area contributed by atoms with Crippen LogP contribution < -0.4 is 10.1 Å². The van der Waals surface area contributed by atoms with Crippen molar-refractivity contribution >= 4 is 23.4 Å². The Bertz CT molecular complexity index is 1220. The average molecular weight is 428 g/mol. The summed E-state index contributed by atoms with van der Waals surface area (Å²) in [5, 5.41) is 3.50. The van der Waals surface area contributed by atoms with E-state index < -0.39 is 0 Å². The Morgan fingerprint density at radius 1 is 1.00 bits per heavy atom. The number of para-hydroxylation sites is 1. The number of hydrogen-bond acceptors (Lipinski definition) is 4. The van der Waals surface area contributed by atoms with Crippen molar-refractivity contribution in [3.8, 4) is 16.9 Å². The van der Waals surface area contributed by atoms with Gasteiger partial charge in [-0.2, -0.15) is 0 Å². The molecule has 2 aromatic carbocycles. The van der Waals surface area contributed by atoms with Crippen molar-refractivity contribution in [2.45, 2.75) is 6.42 Å². The number of H-pyrrole nitrogens is 1. The number of rotatable bonds is 3. The number of fused-ring (bicyclic) bond motifs is 2. The molecule has 6 rings (SSSR count). The number of amides is 1. The van der Waals surface area contributed by atoms with Crippen LogP contribution in [-0.4, -0.2) is 55.2 Å². The minimum atomic E-state index is 0.0690. The lowest BCUT2D eigenvalue weighted by Gasteiger charge is -2.27. The van der Waals surface area contributed by atoms with Gasteiger partial charge in [0.2, 0.25) is 0 Å². The van der Waals surface area contributed by atoms with Crippen LogP contribution in [0.3, 0.4) is 0 Å². The molecule has 32 heavy (non-hydrogen) atoms. The maximum absolute atomic E-state index is 13.0. The summed E-state index contributed by atoms with van der Waals surface area (Å²) >= 11 is 0. The van der Waals surface area contributed by atoms with Crippen molar-refractivity contribution < 1.29 is 14.3 Å². The summed E-state index contributed by atoms with van der Waals surface area (Å²) in [6.07, 6.45) is 5.23. The first-order valence-electron chi connectivity index (χ1n) is 11.2. The molecule has 0 aliphatic carbocycles. The lowest BCUT2D eigenvalue weighted by Crippen LogP contribution is -2.40. The molecule has 2 N–H and O–H groups in total. The summed E-state index contributed by atoms with van der Waals surface area (Å²) in [6, 6.07) is 14.3. The summed E-state index contributed by atoms with van der Waals surface area (Å²) in [4.78, 5) is 18.2. The first-order valence-corrected chi connectivity index (χ1v) is 11.2. The van der Waals surface area contributed by atoms with E-state index in [0.29, 0.717) is 32.8 Å². The number of carbonyl (C=O) groups is 1. The maximum atomic E-state index is 13.0. The Labute approximate surface area is 186 Å². The van der Waals surface area contributed by atoms with Crippen molar-refractivity contribution in [1.82, 2.24) is 9.88 Å². The second-order valence-corrected chi connectivity index (χ2v) is 8.39. The van der Waals surface area contributed by atoms with Crippen molar-refractivity contribution in [3.63, 3.8) is 0 Å².